The fourth-order valence-corrected chi connectivity index (χ4v) is 0.969. The fourth-order valence-electron chi connectivity index (χ4n) is 0.905. The van der Waals surface area contributed by atoms with Crippen LogP contribution >= 0.6 is 12.2 Å². The van der Waals surface area contributed by atoms with Crippen LogP contribution in [0.1, 0.15) is 11.1 Å². The number of thiocarbonyl (C=S) groups is 1. The van der Waals surface area contributed by atoms with E-state index in [1.807, 2.05) is 18.2 Å². The van der Waals surface area contributed by atoms with Gasteiger partial charge in [0.05, 0.1) is 11.7 Å². The van der Waals surface area contributed by atoms with E-state index in [1.165, 1.54) is 11.1 Å². The SMILES string of the molecule is Cc1ccccc1CN=C=S. The first-order valence-corrected chi connectivity index (χ1v) is 3.83. The smallest absolute Gasteiger partial charge is 0.0745 e. The van der Waals surface area contributed by atoms with E-state index in [0.29, 0.717) is 6.54 Å². The summed E-state index contributed by atoms with van der Waals surface area (Å²) in [6.07, 6.45) is 0. The van der Waals surface area contributed by atoms with Gasteiger partial charge in [-0.1, -0.05) is 24.3 Å². The average Bonchev–Trinajstić information content (AvgIpc) is 2.03. The van der Waals surface area contributed by atoms with E-state index in [-0.39, 0.29) is 0 Å². The van der Waals surface area contributed by atoms with Gasteiger partial charge in [-0.15, -0.1) is 0 Å². The van der Waals surface area contributed by atoms with Gasteiger partial charge < -0.3 is 0 Å². The van der Waals surface area contributed by atoms with Crippen LogP contribution in [0.5, 0.6) is 0 Å². The Labute approximate surface area is 71.8 Å². The number of hydrogen-bond donors (Lipinski definition) is 0. The molecule has 0 radical (unpaired) electrons. The molecule has 11 heavy (non-hydrogen) atoms. The van der Waals surface area contributed by atoms with Crippen LogP contribution in [0.4, 0.5) is 0 Å². The fraction of sp³-hybridized carbons (Fsp3) is 0.222. The molecule has 0 saturated carbocycles. The zero-order valence-corrected chi connectivity index (χ0v) is 7.19. The lowest BCUT2D eigenvalue weighted by Crippen LogP contribution is -1.84. The predicted octanol–water partition coefficient (Wildman–Crippen LogP) is 2.60. The van der Waals surface area contributed by atoms with Crippen molar-refractivity contribution in [3.63, 3.8) is 0 Å². The second-order valence-electron chi connectivity index (χ2n) is 2.33. The van der Waals surface area contributed by atoms with Crippen LogP contribution < -0.4 is 0 Å². The molecule has 0 amide bonds. The van der Waals surface area contributed by atoms with Gasteiger partial charge >= 0.3 is 0 Å². The van der Waals surface area contributed by atoms with Crippen LogP contribution in [-0.4, -0.2) is 5.16 Å². The molecular weight excluding hydrogens is 154 g/mol. The maximum Gasteiger partial charge on any atom is 0.0745 e. The van der Waals surface area contributed by atoms with Crippen molar-refractivity contribution in [2.24, 2.45) is 4.99 Å². The number of aryl methyl sites for hydroxylation is 1. The number of nitrogens with zero attached hydrogens (tertiary/aromatic N) is 1. The number of aliphatic imine (C=N–C) groups is 1. The Morgan fingerprint density at radius 3 is 2.82 bits per heavy atom. The van der Waals surface area contributed by atoms with Crippen LogP contribution in [-0.2, 0) is 6.54 Å². The zero-order valence-electron chi connectivity index (χ0n) is 6.37. The molecule has 1 nitrogen and oxygen atoms in total. The number of hydrogen-bond acceptors (Lipinski definition) is 2. The Hall–Kier alpha value is -0.980. The molecule has 0 aliphatic heterocycles. The van der Waals surface area contributed by atoms with Crippen molar-refractivity contribution in [1.82, 2.24) is 0 Å². The second kappa shape index (κ2) is 4.02. The molecular formula is C9H9NS. The van der Waals surface area contributed by atoms with Gasteiger partial charge in [0.25, 0.3) is 0 Å². The molecule has 0 saturated heterocycles. The lowest BCUT2D eigenvalue weighted by molar-refractivity contribution is 1.06. The largest absolute Gasteiger partial charge is 0.228 e. The summed E-state index contributed by atoms with van der Waals surface area (Å²) in [5.74, 6) is 0. The first kappa shape index (κ1) is 8.12. The van der Waals surface area contributed by atoms with Gasteiger partial charge in [0.15, 0.2) is 0 Å². The Morgan fingerprint density at radius 1 is 1.45 bits per heavy atom. The van der Waals surface area contributed by atoms with Gasteiger partial charge in [-0.3, -0.25) is 0 Å². The lowest BCUT2D eigenvalue weighted by Gasteiger charge is -1.98. The summed E-state index contributed by atoms with van der Waals surface area (Å²) in [6.45, 7) is 2.71. The molecule has 0 aromatic heterocycles. The Balaban J connectivity index is 2.85. The maximum absolute atomic E-state index is 4.48. The molecule has 1 aromatic rings. The van der Waals surface area contributed by atoms with Crippen molar-refractivity contribution in [3.8, 4) is 0 Å². The summed E-state index contributed by atoms with van der Waals surface area (Å²) in [4.78, 5) is 3.87. The van der Waals surface area contributed by atoms with Crippen molar-refractivity contribution in [2.75, 3.05) is 0 Å². The molecule has 56 valence electrons. The van der Waals surface area contributed by atoms with E-state index in [4.69, 9.17) is 0 Å². The third-order valence-corrected chi connectivity index (χ3v) is 1.70. The minimum absolute atomic E-state index is 0.649. The molecule has 0 unspecified atom stereocenters. The first-order valence-electron chi connectivity index (χ1n) is 3.42. The quantitative estimate of drug-likeness (QED) is 0.482. The van der Waals surface area contributed by atoms with Crippen molar-refractivity contribution in [1.29, 1.82) is 0 Å². The highest BCUT2D eigenvalue weighted by Crippen LogP contribution is 2.07. The molecule has 0 aliphatic rings. The summed E-state index contributed by atoms with van der Waals surface area (Å²) >= 11 is 4.48. The molecule has 0 atom stereocenters. The van der Waals surface area contributed by atoms with Crippen molar-refractivity contribution in [3.05, 3.63) is 35.4 Å². The molecule has 1 rings (SSSR count). The molecule has 0 spiro atoms. The van der Waals surface area contributed by atoms with Crippen molar-refractivity contribution < 1.29 is 0 Å². The highest BCUT2D eigenvalue weighted by molar-refractivity contribution is 7.78. The van der Waals surface area contributed by atoms with Gasteiger partial charge in [-0.2, -0.15) is 0 Å². The summed E-state index contributed by atoms with van der Waals surface area (Å²) in [6, 6.07) is 8.13. The Kier molecular flexibility index (Phi) is 2.96. The normalized spacial score (nSPS) is 8.82. The molecule has 1 aromatic carbocycles. The van der Waals surface area contributed by atoms with Crippen molar-refractivity contribution >= 4 is 17.4 Å². The van der Waals surface area contributed by atoms with Gasteiger partial charge in [-0.05, 0) is 30.3 Å². The minimum Gasteiger partial charge on any atom is -0.228 e. The number of benzene rings is 1. The van der Waals surface area contributed by atoms with E-state index >= 15 is 0 Å². The van der Waals surface area contributed by atoms with Gasteiger partial charge in [0.1, 0.15) is 0 Å². The molecule has 0 aliphatic carbocycles. The Morgan fingerprint density at radius 2 is 2.18 bits per heavy atom. The van der Waals surface area contributed by atoms with Gasteiger partial charge in [0.2, 0.25) is 0 Å². The van der Waals surface area contributed by atoms with E-state index < -0.39 is 0 Å². The highest BCUT2D eigenvalue weighted by Gasteiger charge is 1.92. The van der Waals surface area contributed by atoms with E-state index in [2.05, 4.69) is 35.4 Å². The first-order chi connectivity index (χ1) is 5.34. The molecule has 0 fully saturated rings. The van der Waals surface area contributed by atoms with E-state index in [0.717, 1.165) is 0 Å². The standard InChI is InChI=1S/C9H9NS/c1-8-4-2-3-5-9(8)6-10-7-11/h2-5H,6H2,1H3. The van der Waals surface area contributed by atoms with Gasteiger partial charge in [-0.25, -0.2) is 4.99 Å². The molecule has 0 N–H and O–H groups in total. The van der Waals surface area contributed by atoms with Gasteiger partial charge in [0, 0.05) is 0 Å². The highest BCUT2D eigenvalue weighted by atomic mass is 32.1. The average molecular weight is 163 g/mol. The third kappa shape index (κ3) is 2.26. The third-order valence-electron chi connectivity index (χ3n) is 1.58. The number of rotatable bonds is 2. The minimum atomic E-state index is 0.649. The summed E-state index contributed by atoms with van der Waals surface area (Å²) in [5, 5.41) is 2.35. The van der Waals surface area contributed by atoms with Crippen LogP contribution in [0.15, 0.2) is 29.3 Å². The summed E-state index contributed by atoms with van der Waals surface area (Å²) in [5.41, 5.74) is 2.46. The van der Waals surface area contributed by atoms with Crippen LogP contribution in [0, 0.1) is 6.92 Å². The van der Waals surface area contributed by atoms with E-state index in [1.54, 1.807) is 0 Å². The second-order valence-corrected chi connectivity index (χ2v) is 2.52. The predicted molar refractivity (Wildman–Crippen MR) is 49.9 cm³/mol. The van der Waals surface area contributed by atoms with Crippen LogP contribution in [0.25, 0.3) is 0 Å². The summed E-state index contributed by atoms with van der Waals surface area (Å²) in [7, 11) is 0. The topological polar surface area (TPSA) is 12.4 Å². The van der Waals surface area contributed by atoms with Crippen LogP contribution in [0.2, 0.25) is 0 Å². The van der Waals surface area contributed by atoms with E-state index in [9.17, 15) is 0 Å². The number of isothiocyanates is 1. The molecule has 0 heterocycles. The lowest BCUT2D eigenvalue weighted by atomic mass is 10.1. The van der Waals surface area contributed by atoms with Crippen molar-refractivity contribution in [2.45, 2.75) is 13.5 Å². The molecule has 2 heteroatoms. The maximum atomic E-state index is 4.48. The zero-order chi connectivity index (χ0) is 8.10. The molecule has 0 bridgehead atoms. The summed E-state index contributed by atoms with van der Waals surface area (Å²) < 4.78 is 0. The van der Waals surface area contributed by atoms with Crippen LogP contribution in [0.3, 0.4) is 0 Å². The monoisotopic (exact) mass is 163 g/mol. The Bertz CT molecular complexity index is 287.